The average Bonchev–Trinajstić information content (AvgIpc) is 2.04. The van der Waals surface area contributed by atoms with Gasteiger partial charge in [0.05, 0.1) is 12.7 Å². The van der Waals surface area contributed by atoms with Gasteiger partial charge in [-0.2, -0.15) is 0 Å². The largest absolute Gasteiger partial charge is 0.496 e. The van der Waals surface area contributed by atoms with Gasteiger partial charge in [0, 0.05) is 0 Å². The van der Waals surface area contributed by atoms with Gasteiger partial charge in [0.15, 0.2) is 0 Å². The highest BCUT2D eigenvalue weighted by molar-refractivity contribution is 5.95. The highest BCUT2D eigenvalue weighted by atomic mass is 16.5. The molecule has 1 radical (unpaired) electrons. The van der Waals surface area contributed by atoms with Crippen molar-refractivity contribution in [1.82, 2.24) is 0 Å². The molecule has 0 saturated heterocycles. The molecule has 0 fully saturated rings. The van der Waals surface area contributed by atoms with Gasteiger partial charge < -0.3 is 10.5 Å². The van der Waals surface area contributed by atoms with Gasteiger partial charge in [-0.15, -0.1) is 0 Å². The van der Waals surface area contributed by atoms with Gasteiger partial charge in [-0.25, -0.2) is 0 Å². The summed E-state index contributed by atoms with van der Waals surface area (Å²) >= 11 is 0. The molecule has 0 spiro atoms. The summed E-state index contributed by atoms with van der Waals surface area (Å²) < 4.78 is 4.89. The SMILES string of the molecule is COc1cc[c]cc1C(N)=O. The van der Waals surface area contributed by atoms with E-state index < -0.39 is 5.91 Å². The second-order valence-electron chi connectivity index (χ2n) is 1.99. The van der Waals surface area contributed by atoms with E-state index in [2.05, 4.69) is 6.07 Å². The van der Waals surface area contributed by atoms with E-state index in [9.17, 15) is 4.79 Å². The molecule has 2 N–H and O–H groups in total. The minimum Gasteiger partial charge on any atom is -0.496 e. The molecule has 0 aliphatic heterocycles. The molecular formula is C8H8NO2. The van der Waals surface area contributed by atoms with Crippen LogP contribution >= 0.6 is 0 Å². The summed E-state index contributed by atoms with van der Waals surface area (Å²) in [5, 5.41) is 0. The molecule has 0 heterocycles. The number of amides is 1. The van der Waals surface area contributed by atoms with Crippen molar-refractivity contribution in [3.8, 4) is 5.75 Å². The van der Waals surface area contributed by atoms with Gasteiger partial charge in [-0.05, 0) is 18.2 Å². The summed E-state index contributed by atoms with van der Waals surface area (Å²) in [5.41, 5.74) is 5.41. The van der Waals surface area contributed by atoms with E-state index in [0.29, 0.717) is 11.3 Å². The maximum Gasteiger partial charge on any atom is 0.252 e. The highest BCUT2D eigenvalue weighted by Gasteiger charge is 2.05. The third-order valence-corrected chi connectivity index (χ3v) is 1.31. The van der Waals surface area contributed by atoms with Crippen molar-refractivity contribution in [1.29, 1.82) is 0 Å². The van der Waals surface area contributed by atoms with Gasteiger partial charge >= 0.3 is 0 Å². The number of hydrogen-bond acceptors (Lipinski definition) is 2. The lowest BCUT2D eigenvalue weighted by Gasteiger charge is -2.02. The molecule has 1 aromatic rings. The van der Waals surface area contributed by atoms with Crippen molar-refractivity contribution < 1.29 is 9.53 Å². The molecule has 0 aliphatic carbocycles. The molecule has 0 atom stereocenters. The van der Waals surface area contributed by atoms with E-state index in [0.717, 1.165) is 0 Å². The zero-order valence-electron chi connectivity index (χ0n) is 6.13. The fraction of sp³-hybridized carbons (Fsp3) is 0.125. The third-order valence-electron chi connectivity index (χ3n) is 1.31. The Kier molecular flexibility index (Phi) is 2.11. The van der Waals surface area contributed by atoms with Crippen LogP contribution in [0.2, 0.25) is 0 Å². The van der Waals surface area contributed by atoms with Crippen LogP contribution in [0.5, 0.6) is 5.75 Å². The Morgan fingerprint density at radius 3 is 2.91 bits per heavy atom. The second-order valence-corrected chi connectivity index (χ2v) is 1.99. The van der Waals surface area contributed by atoms with E-state index in [4.69, 9.17) is 10.5 Å². The quantitative estimate of drug-likeness (QED) is 0.671. The Morgan fingerprint density at radius 2 is 2.45 bits per heavy atom. The van der Waals surface area contributed by atoms with Crippen molar-refractivity contribution in [3.05, 3.63) is 29.8 Å². The molecule has 0 unspecified atom stereocenters. The van der Waals surface area contributed by atoms with Crippen molar-refractivity contribution in [2.45, 2.75) is 0 Å². The first kappa shape index (κ1) is 7.60. The standard InChI is InChI=1S/C8H8NO2/c1-11-7-5-3-2-4-6(7)8(9)10/h3-5H,1H3,(H2,9,10). The first-order chi connectivity index (χ1) is 5.25. The summed E-state index contributed by atoms with van der Waals surface area (Å²) in [6.07, 6.45) is 0. The van der Waals surface area contributed by atoms with Crippen LogP contribution in [0.15, 0.2) is 18.2 Å². The van der Waals surface area contributed by atoms with Crippen LogP contribution in [-0.4, -0.2) is 13.0 Å². The van der Waals surface area contributed by atoms with Gasteiger partial charge in [0.2, 0.25) is 0 Å². The molecule has 3 nitrogen and oxygen atoms in total. The number of methoxy groups -OCH3 is 1. The Hall–Kier alpha value is -1.51. The summed E-state index contributed by atoms with van der Waals surface area (Å²) in [4.78, 5) is 10.7. The molecule has 0 saturated carbocycles. The first-order valence-electron chi connectivity index (χ1n) is 3.09. The monoisotopic (exact) mass is 150 g/mol. The van der Waals surface area contributed by atoms with Gasteiger partial charge in [0.1, 0.15) is 5.75 Å². The average molecular weight is 150 g/mol. The van der Waals surface area contributed by atoms with Crippen molar-refractivity contribution >= 4 is 5.91 Å². The van der Waals surface area contributed by atoms with Gasteiger partial charge in [-0.1, -0.05) is 6.07 Å². The molecular weight excluding hydrogens is 142 g/mol. The minimum atomic E-state index is -0.501. The molecule has 0 bridgehead atoms. The summed E-state index contributed by atoms with van der Waals surface area (Å²) in [7, 11) is 1.49. The maximum absolute atomic E-state index is 10.7. The van der Waals surface area contributed by atoms with E-state index in [1.54, 1.807) is 12.1 Å². The van der Waals surface area contributed by atoms with Crippen LogP contribution in [0, 0.1) is 6.07 Å². The minimum absolute atomic E-state index is 0.356. The van der Waals surface area contributed by atoms with Crippen molar-refractivity contribution in [2.24, 2.45) is 5.73 Å². The van der Waals surface area contributed by atoms with Crippen LogP contribution in [0.1, 0.15) is 10.4 Å². The normalized spacial score (nSPS) is 9.18. The number of benzene rings is 1. The van der Waals surface area contributed by atoms with E-state index in [1.165, 1.54) is 13.2 Å². The Balaban J connectivity index is 3.12. The lowest BCUT2D eigenvalue weighted by molar-refractivity contribution is 0.0997. The van der Waals surface area contributed by atoms with Gasteiger partial charge in [-0.3, -0.25) is 4.79 Å². The third kappa shape index (κ3) is 1.49. The summed E-state index contributed by atoms with van der Waals surface area (Å²) in [6.45, 7) is 0. The molecule has 1 rings (SSSR count). The van der Waals surface area contributed by atoms with Gasteiger partial charge in [0.25, 0.3) is 5.91 Å². The number of primary amides is 1. The molecule has 0 aromatic heterocycles. The topological polar surface area (TPSA) is 52.3 Å². The zero-order chi connectivity index (χ0) is 8.27. The highest BCUT2D eigenvalue weighted by Crippen LogP contribution is 2.15. The van der Waals surface area contributed by atoms with Crippen LogP contribution in [0.3, 0.4) is 0 Å². The van der Waals surface area contributed by atoms with Crippen LogP contribution in [0.4, 0.5) is 0 Å². The van der Waals surface area contributed by atoms with E-state index in [1.807, 2.05) is 0 Å². The summed E-state index contributed by atoms with van der Waals surface area (Å²) in [5.74, 6) is -0.0186. The predicted molar refractivity (Wildman–Crippen MR) is 40.3 cm³/mol. The lowest BCUT2D eigenvalue weighted by Crippen LogP contribution is -2.12. The van der Waals surface area contributed by atoms with E-state index >= 15 is 0 Å². The van der Waals surface area contributed by atoms with Crippen LogP contribution in [0.25, 0.3) is 0 Å². The lowest BCUT2D eigenvalue weighted by atomic mass is 10.2. The predicted octanol–water partition coefficient (Wildman–Crippen LogP) is 0.594. The molecule has 11 heavy (non-hydrogen) atoms. The molecule has 57 valence electrons. The maximum atomic E-state index is 10.7. The number of carbonyl (C=O) groups is 1. The van der Waals surface area contributed by atoms with Crippen LogP contribution in [-0.2, 0) is 0 Å². The Morgan fingerprint density at radius 1 is 1.73 bits per heavy atom. The smallest absolute Gasteiger partial charge is 0.252 e. The number of nitrogens with two attached hydrogens (primary N) is 1. The number of rotatable bonds is 2. The second kappa shape index (κ2) is 3.05. The Bertz CT molecular complexity index is 271. The zero-order valence-corrected chi connectivity index (χ0v) is 6.13. The number of hydrogen-bond donors (Lipinski definition) is 1. The molecule has 1 amide bonds. The van der Waals surface area contributed by atoms with Crippen molar-refractivity contribution in [3.63, 3.8) is 0 Å². The summed E-state index contributed by atoms with van der Waals surface area (Å²) in [6, 6.07) is 7.53. The van der Waals surface area contributed by atoms with Crippen LogP contribution < -0.4 is 10.5 Å². The number of ether oxygens (including phenoxy) is 1. The first-order valence-corrected chi connectivity index (χ1v) is 3.09. The van der Waals surface area contributed by atoms with E-state index in [-0.39, 0.29) is 0 Å². The fourth-order valence-corrected chi connectivity index (χ4v) is 0.787. The molecule has 1 aromatic carbocycles. The Labute approximate surface area is 64.8 Å². The number of carbonyl (C=O) groups excluding carboxylic acids is 1. The molecule has 3 heteroatoms. The van der Waals surface area contributed by atoms with Crippen molar-refractivity contribution in [2.75, 3.05) is 7.11 Å². The molecule has 0 aliphatic rings. The fourth-order valence-electron chi connectivity index (χ4n) is 0.787.